The molecule has 0 spiro atoms. The molecule has 0 radical (unpaired) electrons. The summed E-state index contributed by atoms with van der Waals surface area (Å²) in [7, 11) is 0. The van der Waals surface area contributed by atoms with Gasteiger partial charge in [-0.15, -0.1) is 0 Å². The van der Waals surface area contributed by atoms with Crippen LogP contribution in [0.5, 0.6) is 0 Å². The predicted octanol–water partition coefficient (Wildman–Crippen LogP) is 2.95. The highest BCUT2D eigenvalue weighted by molar-refractivity contribution is 5.79. The number of hydrogen-bond acceptors (Lipinski definition) is 2. The van der Waals surface area contributed by atoms with E-state index in [1.165, 1.54) is 57.8 Å². The molecular weight excluding hydrogens is 260 g/mol. The van der Waals surface area contributed by atoms with Gasteiger partial charge in [0.05, 0.1) is 0 Å². The van der Waals surface area contributed by atoms with Gasteiger partial charge in [-0.2, -0.15) is 0 Å². The van der Waals surface area contributed by atoms with Gasteiger partial charge in [-0.3, -0.25) is 4.79 Å². The van der Waals surface area contributed by atoms with Crippen LogP contribution in [-0.4, -0.2) is 36.0 Å². The summed E-state index contributed by atoms with van der Waals surface area (Å²) >= 11 is 0. The molecule has 5 atom stereocenters. The van der Waals surface area contributed by atoms with E-state index in [0.29, 0.717) is 23.9 Å². The number of rotatable bonds is 1. The van der Waals surface area contributed by atoms with E-state index in [9.17, 15) is 4.79 Å². The predicted molar refractivity (Wildman–Crippen MR) is 83.9 cm³/mol. The molecule has 4 aliphatic rings. The monoisotopic (exact) mass is 290 g/mol. The third-order valence-corrected chi connectivity index (χ3v) is 6.72. The quantitative estimate of drug-likeness (QED) is 0.805. The van der Waals surface area contributed by atoms with Crippen LogP contribution in [-0.2, 0) is 4.79 Å². The number of nitrogens with one attached hydrogen (secondary N) is 1. The maximum atomic E-state index is 13.0. The highest BCUT2D eigenvalue weighted by atomic mass is 16.2. The van der Waals surface area contributed by atoms with Crippen LogP contribution in [0.3, 0.4) is 0 Å². The first-order valence-corrected chi connectivity index (χ1v) is 9.34. The lowest BCUT2D eigenvalue weighted by atomic mass is 9.67. The van der Waals surface area contributed by atoms with Crippen LogP contribution < -0.4 is 5.32 Å². The molecule has 2 heterocycles. The van der Waals surface area contributed by atoms with Gasteiger partial charge in [0, 0.05) is 31.1 Å². The molecule has 5 unspecified atom stereocenters. The van der Waals surface area contributed by atoms with Crippen molar-refractivity contribution >= 4 is 5.91 Å². The van der Waals surface area contributed by atoms with Crippen molar-refractivity contribution in [2.75, 3.05) is 13.1 Å². The zero-order chi connectivity index (χ0) is 14.2. The van der Waals surface area contributed by atoms with Gasteiger partial charge in [0.15, 0.2) is 0 Å². The van der Waals surface area contributed by atoms with E-state index in [1.807, 2.05) is 0 Å². The molecule has 4 rings (SSSR count). The minimum atomic E-state index is 0.348. The van der Waals surface area contributed by atoms with Crippen LogP contribution in [0, 0.1) is 17.8 Å². The molecule has 2 bridgehead atoms. The van der Waals surface area contributed by atoms with Crippen molar-refractivity contribution in [2.45, 2.75) is 76.3 Å². The third kappa shape index (κ3) is 2.86. The van der Waals surface area contributed by atoms with Gasteiger partial charge in [-0.1, -0.05) is 25.7 Å². The van der Waals surface area contributed by atoms with E-state index in [-0.39, 0.29) is 0 Å². The first-order valence-electron chi connectivity index (χ1n) is 9.34. The lowest BCUT2D eigenvalue weighted by Crippen LogP contribution is -2.44. The average Bonchev–Trinajstić information content (AvgIpc) is 2.85. The number of nitrogens with zero attached hydrogens (tertiary/aromatic N) is 1. The molecule has 2 aliphatic heterocycles. The molecule has 2 aliphatic carbocycles. The summed E-state index contributed by atoms with van der Waals surface area (Å²) in [5.41, 5.74) is 0. The number of likely N-dealkylation sites (tertiary alicyclic amines) is 1. The third-order valence-electron chi connectivity index (χ3n) is 6.72. The highest BCUT2D eigenvalue weighted by Gasteiger charge is 2.38. The Hall–Kier alpha value is -0.570. The van der Waals surface area contributed by atoms with Gasteiger partial charge in [-0.25, -0.2) is 0 Å². The standard InChI is InChI=1S/C18H30N2O/c21-18(20-10-9-16-7-8-17(12-20)19-16)15-6-5-13-3-1-2-4-14(13)11-15/h13-17,19H,1-12H2. The van der Waals surface area contributed by atoms with Crippen molar-refractivity contribution in [3.8, 4) is 0 Å². The second kappa shape index (κ2) is 5.91. The van der Waals surface area contributed by atoms with Gasteiger partial charge in [0.2, 0.25) is 5.91 Å². The van der Waals surface area contributed by atoms with E-state index in [2.05, 4.69) is 10.2 Å². The molecule has 0 aromatic heterocycles. The zero-order valence-electron chi connectivity index (χ0n) is 13.2. The molecule has 0 aromatic carbocycles. The molecule has 3 heteroatoms. The number of amides is 1. The fourth-order valence-corrected chi connectivity index (χ4v) is 5.50. The molecule has 4 fully saturated rings. The van der Waals surface area contributed by atoms with Gasteiger partial charge in [-0.05, 0) is 50.4 Å². The summed E-state index contributed by atoms with van der Waals surface area (Å²) < 4.78 is 0. The normalized spacial score (nSPS) is 43.2. The van der Waals surface area contributed by atoms with Crippen LogP contribution >= 0.6 is 0 Å². The molecule has 21 heavy (non-hydrogen) atoms. The van der Waals surface area contributed by atoms with Crippen molar-refractivity contribution in [2.24, 2.45) is 17.8 Å². The van der Waals surface area contributed by atoms with Gasteiger partial charge < -0.3 is 10.2 Å². The Morgan fingerprint density at radius 3 is 2.57 bits per heavy atom. The summed E-state index contributed by atoms with van der Waals surface area (Å²) in [4.78, 5) is 15.2. The Labute approximate surface area is 128 Å². The first-order chi connectivity index (χ1) is 10.3. The lowest BCUT2D eigenvalue weighted by molar-refractivity contribution is -0.138. The minimum Gasteiger partial charge on any atom is -0.341 e. The van der Waals surface area contributed by atoms with Crippen LogP contribution in [0.25, 0.3) is 0 Å². The van der Waals surface area contributed by atoms with Crippen LogP contribution in [0.15, 0.2) is 0 Å². The average molecular weight is 290 g/mol. The van der Waals surface area contributed by atoms with E-state index in [0.717, 1.165) is 31.3 Å². The number of hydrogen-bond donors (Lipinski definition) is 1. The highest BCUT2D eigenvalue weighted by Crippen LogP contribution is 2.43. The van der Waals surface area contributed by atoms with E-state index >= 15 is 0 Å². The van der Waals surface area contributed by atoms with Crippen molar-refractivity contribution in [3.05, 3.63) is 0 Å². The maximum Gasteiger partial charge on any atom is 0.225 e. The van der Waals surface area contributed by atoms with E-state index in [1.54, 1.807) is 0 Å². The summed E-state index contributed by atoms with van der Waals surface area (Å²) in [6.07, 6.45) is 13.1. The minimum absolute atomic E-state index is 0.348. The number of carbonyl (C=O) groups excluding carboxylic acids is 1. The molecule has 0 aromatic rings. The van der Waals surface area contributed by atoms with Crippen molar-refractivity contribution in [3.63, 3.8) is 0 Å². The lowest BCUT2D eigenvalue weighted by Gasteiger charge is -2.40. The van der Waals surface area contributed by atoms with E-state index in [4.69, 9.17) is 0 Å². The zero-order valence-corrected chi connectivity index (χ0v) is 13.2. The fraction of sp³-hybridized carbons (Fsp3) is 0.944. The Morgan fingerprint density at radius 1 is 0.857 bits per heavy atom. The van der Waals surface area contributed by atoms with Crippen molar-refractivity contribution in [1.82, 2.24) is 10.2 Å². The summed E-state index contributed by atoms with van der Waals surface area (Å²) in [6, 6.07) is 1.26. The molecule has 1 N–H and O–H groups in total. The van der Waals surface area contributed by atoms with E-state index < -0.39 is 0 Å². The maximum absolute atomic E-state index is 13.0. The van der Waals surface area contributed by atoms with Gasteiger partial charge in [0.1, 0.15) is 0 Å². The second-order valence-corrected chi connectivity index (χ2v) is 8.03. The van der Waals surface area contributed by atoms with Crippen molar-refractivity contribution < 1.29 is 4.79 Å². The summed E-state index contributed by atoms with van der Waals surface area (Å²) in [5, 5.41) is 3.69. The number of fused-ring (bicyclic) bond motifs is 3. The van der Waals surface area contributed by atoms with Crippen molar-refractivity contribution in [1.29, 1.82) is 0 Å². The Morgan fingerprint density at radius 2 is 1.67 bits per heavy atom. The van der Waals surface area contributed by atoms with Gasteiger partial charge in [0.25, 0.3) is 0 Å². The topological polar surface area (TPSA) is 32.3 Å². The molecule has 2 saturated heterocycles. The molecule has 1 amide bonds. The Balaban J connectivity index is 1.38. The smallest absolute Gasteiger partial charge is 0.225 e. The number of carbonyl (C=O) groups is 1. The van der Waals surface area contributed by atoms with Crippen LogP contribution in [0.4, 0.5) is 0 Å². The molecule has 3 nitrogen and oxygen atoms in total. The van der Waals surface area contributed by atoms with Crippen LogP contribution in [0.2, 0.25) is 0 Å². The molecule has 2 saturated carbocycles. The van der Waals surface area contributed by atoms with Crippen LogP contribution in [0.1, 0.15) is 64.2 Å². The van der Waals surface area contributed by atoms with Gasteiger partial charge >= 0.3 is 0 Å². The summed E-state index contributed by atoms with van der Waals surface area (Å²) in [6.45, 7) is 1.97. The molecular formula is C18H30N2O. The second-order valence-electron chi connectivity index (χ2n) is 8.03. The molecule has 118 valence electrons. The Kier molecular flexibility index (Phi) is 3.95. The summed E-state index contributed by atoms with van der Waals surface area (Å²) in [5.74, 6) is 2.65. The fourth-order valence-electron chi connectivity index (χ4n) is 5.50. The Bertz CT molecular complexity index is 397. The largest absolute Gasteiger partial charge is 0.341 e. The first kappa shape index (κ1) is 14.0. The SMILES string of the molecule is O=C(C1CCC2CCCCC2C1)N1CCC2CCC(C1)N2.